The average Bonchev–Trinajstić information content (AvgIpc) is 2.85. The van der Waals surface area contributed by atoms with Crippen LogP contribution < -0.4 is 15.5 Å². The lowest BCUT2D eigenvalue weighted by Crippen LogP contribution is -2.47. The minimum absolute atomic E-state index is 0.116. The Bertz CT molecular complexity index is 1000. The highest BCUT2D eigenvalue weighted by Gasteiger charge is 2.34. The van der Waals surface area contributed by atoms with Gasteiger partial charge in [-0.1, -0.05) is 18.5 Å². The molecule has 2 saturated heterocycles. The quantitative estimate of drug-likeness (QED) is 0.568. The van der Waals surface area contributed by atoms with Gasteiger partial charge >= 0.3 is 0 Å². The highest BCUT2D eigenvalue weighted by molar-refractivity contribution is 6.35. The zero-order valence-electron chi connectivity index (χ0n) is 20.5. The zero-order valence-corrected chi connectivity index (χ0v) is 21.2. The van der Waals surface area contributed by atoms with Gasteiger partial charge < -0.3 is 25.7 Å². The van der Waals surface area contributed by atoms with Gasteiger partial charge in [0.15, 0.2) is 5.82 Å². The normalized spacial score (nSPS) is 20.0. The first-order chi connectivity index (χ1) is 16.3. The Morgan fingerprint density at radius 2 is 1.76 bits per heavy atom. The molecular weight excluding hydrogens is 452 g/mol. The van der Waals surface area contributed by atoms with Crippen LogP contribution in [0.25, 0.3) is 11.3 Å². The van der Waals surface area contributed by atoms with Crippen molar-refractivity contribution < 1.29 is 10.2 Å². The summed E-state index contributed by atoms with van der Waals surface area (Å²) in [5, 5.41) is 20.1. The molecule has 0 bridgehead atoms. The lowest BCUT2D eigenvalue weighted by Gasteiger charge is -2.42. The third-order valence-corrected chi connectivity index (χ3v) is 8.25. The molecule has 0 radical (unpaired) electrons. The standard InChI is InChI=1S/C25H37ClN6O2/c1-16-22(19-4-9-28-24(21(19)26)31-10-5-18(14-33)6-11-31)30-20(15-34)23(29-16)32-12-7-25(3,8-13-32)17(2)27/h4,9,17-18,33-34H,5-8,10-15,27H2,1-3H3. The summed E-state index contributed by atoms with van der Waals surface area (Å²) in [6, 6.07) is 2.00. The molecule has 2 fully saturated rings. The number of aryl methyl sites for hydroxylation is 1. The Morgan fingerprint density at radius 3 is 2.35 bits per heavy atom. The highest BCUT2D eigenvalue weighted by Crippen LogP contribution is 2.38. The lowest BCUT2D eigenvalue weighted by atomic mass is 9.75. The summed E-state index contributed by atoms with van der Waals surface area (Å²) in [5.41, 5.74) is 9.11. The van der Waals surface area contributed by atoms with Gasteiger partial charge in [-0.25, -0.2) is 15.0 Å². The summed E-state index contributed by atoms with van der Waals surface area (Å²) in [7, 11) is 0. The molecule has 0 aliphatic carbocycles. The first-order valence-corrected chi connectivity index (χ1v) is 12.6. The molecule has 2 aliphatic heterocycles. The summed E-state index contributed by atoms with van der Waals surface area (Å²) in [5.74, 6) is 1.82. The molecule has 0 amide bonds. The van der Waals surface area contributed by atoms with Gasteiger partial charge in [0.25, 0.3) is 0 Å². The van der Waals surface area contributed by atoms with Gasteiger partial charge in [0.2, 0.25) is 0 Å². The third-order valence-electron chi connectivity index (χ3n) is 7.87. The molecule has 4 heterocycles. The number of pyridine rings is 1. The van der Waals surface area contributed by atoms with E-state index >= 15 is 0 Å². The molecule has 1 unspecified atom stereocenters. The second-order valence-corrected chi connectivity index (χ2v) is 10.5. The zero-order chi connectivity index (χ0) is 24.5. The molecular formula is C25H37ClN6O2. The summed E-state index contributed by atoms with van der Waals surface area (Å²) >= 11 is 6.86. The predicted octanol–water partition coefficient (Wildman–Crippen LogP) is 3.16. The minimum atomic E-state index is -0.194. The van der Waals surface area contributed by atoms with Crippen LogP contribution in [0.3, 0.4) is 0 Å². The molecule has 8 nitrogen and oxygen atoms in total. The van der Waals surface area contributed by atoms with Gasteiger partial charge in [0.05, 0.1) is 23.0 Å². The molecule has 2 aromatic rings. The van der Waals surface area contributed by atoms with Crippen molar-refractivity contribution in [3.05, 3.63) is 28.7 Å². The Kier molecular flexibility index (Phi) is 7.62. The summed E-state index contributed by atoms with van der Waals surface area (Å²) in [4.78, 5) is 18.7. The number of hydrogen-bond donors (Lipinski definition) is 3. The molecule has 4 rings (SSSR count). The number of nitrogens with zero attached hydrogens (tertiary/aromatic N) is 5. The first kappa shape index (κ1) is 25.1. The number of anilines is 2. The van der Waals surface area contributed by atoms with Crippen LogP contribution in [-0.4, -0.2) is 64.0 Å². The number of nitrogens with two attached hydrogens (primary N) is 1. The SMILES string of the molecule is Cc1nc(N2CCC(C)(C(C)N)CC2)c(CO)nc1-c1ccnc(N2CCC(CO)CC2)c1Cl. The molecule has 1 atom stereocenters. The van der Waals surface area contributed by atoms with Crippen LogP contribution in [0.4, 0.5) is 11.6 Å². The van der Waals surface area contributed by atoms with Crippen LogP contribution in [0, 0.1) is 18.3 Å². The molecule has 9 heteroatoms. The summed E-state index contributed by atoms with van der Waals surface area (Å²) in [6.07, 6.45) is 5.54. The Morgan fingerprint density at radius 1 is 1.12 bits per heavy atom. The number of rotatable bonds is 6. The van der Waals surface area contributed by atoms with E-state index in [2.05, 4.69) is 28.6 Å². The van der Waals surface area contributed by atoms with Crippen LogP contribution >= 0.6 is 11.6 Å². The first-order valence-electron chi connectivity index (χ1n) is 12.3. The fourth-order valence-corrected chi connectivity index (χ4v) is 5.33. The van der Waals surface area contributed by atoms with E-state index in [9.17, 15) is 10.2 Å². The van der Waals surface area contributed by atoms with E-state index in [-0.39, 0.29) is 24.7 Å². The van der Waals surface area contributed by atoms with Crippen LogP contribution in [0.15, 0.2) is 12.3 Å². The van der Waals surface area contributed by atoms with E-state index in [1.54, 1.807) is 6.20 Å². The topological polar surface area (TPSA) is 112 Å². The highest BCUT2D eigenvalue weighted by atomic mass is 35.5. The maximum absolute atomic E-state index is 10.2. The lowest BCUT2D eigenvalue weighted by molar-refractivity contribution is 0.203. The fourth-order valence-electron chi connectivity index (χ4n) is 5.00. The Labute approximate surface area is 207 Å². The van der Waals surface area contributed by atoms with E-state index in [1.165, 1.54) is 0 Å². The molecule has 0 aromatic carbocycles. The van der Waals surface area contributed by atoms with Gasteiger partial charge in [-0.2, -0.15) is 0 Å². The van der Waals surface area contributed by atoms with Crippen molar-refractivity contribution >= 4 is 23.2 Å². The van der Waals surface area contributed by atoms with E-state index in [0.29, 0.717) is 22.3 Å². The van der Waals surface area contributed by atoms with Crippen molar-refractivity contribution in [2.24, 2.45) is 17.1 Å². The van der Waals surface area contributed by atoms with Gasteiger partial charge in [-0.05, 0) is 56.9 Å². The number of hydrogen-bond acceptors (Lipinski definition) is 8. The largest absolute Gasteiger partial charge is 0.396 e. The van der Waals surface area contributed by atoms with E-state index < -0.39 is 0 Å². The van der Waals surface area contributed by atoms with E-state index in [0.717, 1.165) is 74.8 Å². The maximum atomic E-state index is 10.2. The van der Waals surface area contributed by atoms with Crippen molar-refractivity contribution in [3.63, 3.8) is 0 Å². The van der Waals surface area contributed by atoms with Crippen molar-refractivity contribution in [2.75, 3.05) is 42.6 Å². The molecule has 0 saturated carbocycles. The average molecular weight is 489 g/mol. The molecule has 4 N–H and O–H groups in total. The second-order valence-electron chi connectivity index (χ2n) is 10.1. The predicted molar refractivity (Wildman–Crippen MR) is 136 cm³/mol. The molecule has 0 spiro atoms. The van der Waals surface area contributed by atoms with Crippen LogP contribution in [-0.2, 0) is 6.61 Å². The van der Waals surface area contributed by atoms with E-state index in [1.807, 2.05) is 13.0 Å². The number of aliphatic hydroxyl groups excluding tert-OH is 2. The van der Waals surface area contributed by atoms with Gasteiger partial charge in [-0.15, -0.1) is 0 Å². The maximum Gasteiger partial charge on any atom is 0.153 e. The summed E-state index contributed by atoms with van der Waals surface area (Å²) in [6.45, 7) is 9.58. The number of piperidine rings is 2. The second kappa shape index (κ2) is 10.3. The molecule has 2 aromatic heterocycles. The van der Waals surface area contributed by atoms with Crippen molar-refractivity contribution in [1.82, 2.24) is 15.0 Å². The molecule has 2 aliphatic rings. The Balaban J connectivity index is 1.61. The monoisotopic (exact) mass is 488 g/mol. The number of aromatic nitrogens is 3. The van der Waals surface area contributed by atoms with Crippen LogP contribution in [0.1, 0.15) is 50.9 Å². The van der Waals surface area contributed by atoms with Crippen molar-refractivity contribution in [2.45, 2.75) is 59.1 Å². The summed E-state index contributed by atoms with van der Waals surface area (Å²) < 4.78 is 0. The molecule has 34 heavy (non-hydrogen) atoms. The smallest absolute Gasteiger partial charge is 0.153 e. The minimum Gasteiger partial charge on any atom is -0.396 e. The van der Waals surface area contributed by atoms with Gasteiger partial charge in [0, 0.05) is 50.6 Å². The van der Waals surface area contributed by atoms with Crippen LogP contribution in [0.2, 0.25) is 5.02 Å². The van der Waals surface area contributed by atoms with Crippen LogP contribution in [0.5, 0.6) is 0 Å². The van der Waals surface area contributed by atoms with Crippen molar-refractivity contribution in [1.29, 1.82) is 0 Å². The van der Waals surface area contributed by atoms with Gasteiger partial charge in [-0.3, -0.25) is 0 Å². The number of aliphatic hydroxyl groups is 2. The van der Waals surface area contributed by atoms with E-state index in [4.69, 9.17) is 27.3 Å². The Hall–Kier alpha value is -2.00. The molecule has 186 valence electrons. The van der Waals surface area contributed by atoms with Gasteiger partial charge in [0.1, 0.15) is 11.5 Å². The van der Waals surface area contributed by atoms with Crippen molar-refractivity contribution in [3.8, 4) is 11.3 Å². The number of halogens is 1. The third kappa shape index (κ3) is 4.87. The fraction of sp³-hybridized carbons (Fsp3) is 0.640.